The van der Waals surface area contributed by atoms with E-state index >= 15 is 0 Å². The molecule has 174 valence electrons. The van der Waals surface area contributed by atoms with Gasteiger partial charge < -0.3 is 10.1 Å². The minimum Gasteiger partial charge on any atom is -0.494 e. The number of unbranched alkanes of at least 4 members (excludes halogenated alkanes) is 1. The second-order valence-corrected chi connectivity index (χ2v) is 8.84. The number of amides is 1. The highest BCUT2D eigenvalue weighted by Crippen LogP contribution is 2.27. The molecule has 0 saturated heterocycles. The Kier molecular flexibility index (Phi) is 7.27. The van der Waals surface area contributed by atoms with E-state index in [2.05, 4.69) is 44.3 Å². The maximum absolute atomic E-state index is 13.4. The van der Waals surface area contributed by atoms with Crippen LogP contribution < -0.4 is 10.1 Å². The Labute approximate surface area is 202 Å². The van der Waals surface area contributed by atoms with Crippen LogP contribution in [-0.2, 0) is 0 Å². The van der Waals surface area contributed by atoms with Gasteiger partial charge in [-0.1, -0.05) is 49.7 Å². The number of hydrogen-bond donors (Lipinski definition) is 1. The van der Waals surface area contributed by atoms with Crippen LogP contribution in [0.4, 0.5) is 0 Å². The Morgan fingerprint density at radius 1 is 0.971 bits per heavy atom. The highest BCUT2D eigenvalue weighted by atomic mass is 16.5. The molecule has 0 fully saturated rings. The van der Waals surface area contributed by atoms with E-state index in [4.69, 9.17) is 9.72 Å². The van der Waals surface area contributed by atoms with E-state index in [0.29, 0.717) is 12.2 Å². The minimum absolute atomic E-state index is 0.106. The second-order valence-electron chi connectivity index (χ2n) is 8.84. The fourth-order valence-corrected chi connectivity index (χ4v) is 3.96. The van der Waals surface area contributed by atoms with Crippen LogP contribution in [0.15, 0.2) is 72.8 Å². The summed E-state index contributed by atoms with van der Waals surface area (Å²) in [4.78, 5) is 18.3. The normalized spacial score (nSPS) is 11.9. The molecule has 0 spiro atoms. The summed E-state index contributed by atoms with van der Waals surface area (Å²) in [5.41, 5.74) is 6.69. The monoisotopic (exact) mass is 452 g/mol. The standard InChI is InChI=1S/C30H32N2O2/c1-5-6-17-34-25-15-13-23(14-16-25)29-19-27(26-9-7-8-10-28(26)32-29)30(33)31-22(4)24-12-11-20(2)21(3)18-24/h7-16,18-19,22H,5-6,17H2,1-4H3,(H,31,33)/t22-/m1/s1. The number of benzene rings is 3. The molecule has 3 aromatic carbocycles. The third-order valence-electron chi connectivity index (χ3n) is 6.26. The van der Waals surface area contributed by atoms with Gasteiger partial charge in [0.1, 0.15) is 5.75 Å². The molecular formula is C30H32N2O2. The van der Waals surface area contributed by atoms with Crippen LogP contribution in [0.5, 0.6) is 5.75 Å². The molecule has 0 aliphatic rings. The van der Waals surface area contributed by atoms with Crippen molar-refractivity contribution < 1.29 is 9.53 Å². The van der Waals surface area contributed by atoms with Gasteiger partial charge in [0.05, 0.1) is 29.4 Å². The van der Waals surface area contributed by atoms with Gasteiger partial charge in [0.15, 0.2) is 0 Å². The first-order chi connectivity index (χ1) is 16.5. The summed E-state index contributed by atoms with van der Waals surface area (Å²) in [6, 6.07) is 23.8. The van der Waals surface area contributed by atoms with E-state index in [9.17, 15) is 4.79 Å². The number of para-hydroxylation sites is 1. The first-order valence-corrected chi connectivity index (χ1v) is 12.0. The van der Waals surface area contributed by atoms with Crippen molar-refractivity contribution in [3.63, 3.8) is 0 Å². The molecule has 4 heteroatoms. The first-order valence-electron chi connectivity index (χ1n) is 12.0. The molecule has 4 rings (SSSR count). The maximum Gasteiger partial charge on any atom is 0.252 e. The summed E-state index contributed by atoms with van der Waals surface area (Å²) in [7, 11) is 0. The third kappa shape index (κ3) is 5.28. The van der Waals surface area contributed by atoms with Gasteiger partial charge in [-0.25, -0.2) is 4.98 Å². The van der Waals surface area contributed by atoms with E-state index in [1.165, 1.54) is 11.1 Å². The van der Waals surface area contributed by atoms with Gasteiger partial charge >= 0.3 is 0 Å². The number of pyridine rings is 1. The van der Waals surface area contributed by atoms with Crippen LogP contribution >= 0.6 is 0 Å². The molecule has 0 aliphatic heterocycles. The lowest BCUT2D eigenvalue weighted by Gasteiger charge is -2.17. The first kappa shape index (κ1) is 23.5. The minimum atomic E-state index is -0.110. The van der Waals surface area contributed by atoms with Crippen LogP contribution in [0.25, 0.3) is 22.2 Å². The molecule has 1 atom stereocenters. The van der Waals surface area contributed by atoms with Gasteiger partial charge in [-0.05, 0) is 80.3 Å². The van der Waals surface area contributed by atoms with Crippen molar-refractivity contribution in [2.45, 2.75) is 46.6 Å². The van der Waals surface area contributed by atoms with Crippen LogP contribution in [-0.4, -0.2) is 17.5 Å². The van der Waals surface area contributed by atoms with Crippen molar-refractivity contribution in [3.05, 3.63) is 95.1 Å². The van der Waals surface area contributed by atoms with E-state index < -0.39 is 0 Å². The Balaban J connectivity index is 1.63. The molecule has 1 amide bonds. The second kappa shape index (κ2) is 10.5. The van der Waals surface area contributed by atoms with Crippen LogP contribution in [0.2, 0.25) is 0 Å². The lowest BCUT2D eigenvalue weighted by atomic mass is 10.0. The van der Waals surface area contributed by atoms with Crippen molar-refractivity contribution in [1.29, 1.82) is 0 Å². The number of aryl methyl sites for hydroxylation is 2. The molecule has 0 aliphatic carbocycles. The summed E-state index contributed by atoms with van der Waals surface area (Å²) >= 11 is 0. The molecule has 0 unspecified atom stereocenters. The Morgan fingerprint density at radius 2 is 1.74 bits per heavy atom. The molecule has 0 radical (unpaired) electrons. The smallest absolute Gasteiger partial charge is 0.252 e. The average molecular weight is 453 g/mol. The third-order valence-corrected chi connectivity index (χ3v) is 6.26. The lowest BCUT2D eigenvalue weighted by molar-refractivity contribution is 0.0941. The molecule has 4 nitrogen and oxygen atoms in total. The fraction of sp³-hybridized carbons (Fsp3) is 0.267. The predicted octanol–water partition coefficient (Wildman–Crippen LogP) is 7.19. The van der Waals surface area contributed by atoms with Gasteiger partial charge in [0.25, 0.3) is 5.91 Å². The molecular weight excluding hydrogens is 420 g/mol. The molecule has 1 N–H and O–H groups in total. The zero-order valence-corrected chi connectivity index (χ0v) is 20.4. The SMILES string of the molecule is CCCCOc1ccc(-c2cc(C(=O)N[C@H](C)c3ccc(C)c(C)c3)c3ccccc3n2)cc1. The van der Waals surface area contributed by atoms with Crippen molar-refractivity contribution in [2.24, 2.45) is 0 Å². The predicted molar refractivity (Wildman–Crippen MR) is 139 cm³/mol. The number of rotatable bonds is 8. The number of nitrogens with one attached hydrogen (secondary N) is 1. The topological polar surface area (TPSA) is 51.2 Å². The summed E-state index contributed by atoms with van der Waals surface area (Å²) in [6.45, 7) is 9.07. The summed E-state index contributed by atoms with van der Waals surface area (Å²) in [6.07, 6.45) is 2.14. The van der Waals surface area contributed by atoms with Gasteiger partial charge in [-0.2, -0.15) is 0 Å². The molecule has 4 aromatic rings. The number of carbonyl (C=O) groups is 1. The molecule has 0 bridgehead atoms. The van der Waals surface area contributed by atoms with E-state index in [1.54, 1.807) is 0 Å². The highest BCUT2D eigenvalue weighted by molar-refractivity contribution is 6.07. The average Bonchev–Trinajstić information content (AvgIpc) is 2.85. The quantitative estimate of drug-likeness (QED) is 0.288. The van der Waals surface area contributed by atoms with Gasteiger partial charge in [0.2, 0.25) is 0 Å². The zero-order chi connectivity index (χ0) is 24.1. The largest absolute Gasteiger partial charge is 0.494 e. The van der Waals surface area contributed by atoms with Gasteiger partial charge in [0, 0.05) is 10.9 Å². The van der Waals surface area contributed by atoms with Crippen molar-refractivity contribution in [2.75, 3.05) is 6.61 Å². The molecule has 0 saturated carbocycles. The van der Waals surface area contributed by atoms with E-state index in [1.807, 2.05) is 61.5 Å². The van der Waals surface area contributed by atoms with Crippen molar-refractivity contribution in [1.82, 2.24) is 10.3 Å². The molecule has 1 aromatic heterocycles. The van der Waals surface area contributed by atoms with E-state index in [-0.39, 0.29) is 11.9 Å². The van der Waals surface area contributed by atoms with Gasteiger partial charge in [-0.15, -0.1) is 0 Å². The van der Waals surface area contributed by atoms with Crippen LogP contribution in [0.1, 0.15) is 59.8 Å². The number of aromatic nitrogens is 1. The number of carbonyl (C=O) groups excluding carboxylic acids is 1. The summed E-state index contributed by atoms with van der Waals surface area (Å²) in [5, 5.41) is 4.02. The van der Waals surface area contributed by atoms with Crippen LogP contribution in [0, 0.1) is 13.8 Å². The van der Waals surface area contributed by atoms with Crippen molar-refractivity contribution >= 4 is 16.8 Å². The lowest BCUT2D eigenvalue weighted by Crippen LogP contribution is -2.27. The number of hydrogen-bond acceptors (Lipinski definition) is 3. The van der Waals surface area contributed by atoms with Crippen molar-refractivity contribution in [3.8, 4) is 17.0 Å². The maximum atomic E-state index is 13.4. The zero-order valence-electron chi connectivity index (χ0n) is 20.4. The molecule has 1 heterocycles. The Morgan fingerprint density at radius 3 is 2.47 bits per heavy atom. The Bertz CT molecular complexity index is 1300. The highest BCUT2D eigenvalue weighted by Gasteiger charge is 2.17. The summed E-state index contributed by atoms with van der Waals surface area (Å²) in [5.74, 6) is 0.739. The fourth-order valence-electron chi connectivity index (χ4n) is 3.96. The Hall–Kier alpha value is -3.66. The summed E-state index contributed by atoms with van der Waals surface area (Å²) < 4.78 is 5.79. The number of ether oxygens (including phenoxy) is 1. The molecule has 34 heavy (non-hydrogen) atoms. The van der Waals surface area contributed by atoms with E-state index in [0.717, 1.165) is 46.3 Å². The number of nitrogens with zero attached hydrogens (tertiary/aromatic N) is 1. The number of fused-ring (bicyclic) bond motifs is 1. The van der Waals surface area contributed by atoms with Gasteiger partial charge in [-0.3, -0.25) is 4.79 Å². The van der Waals surface area contributed by atoms with Crippen LogP contribution in [0.3, 0.4) is 0 Å².